The number of benzene rings is 3. The highest BCUT2D eigenvalue weighted by atomic mass is 16.6. The zero-order chi connectivity index (χ0) is 25.2. The molecule has 0 bridgehead atoms. The van der Waals surface area contributed by atoms with Crippen molar-refractivity contribution in [1.29, 1.82) is 0 Å². The molecule has 36 heavy (non-hydrogen) atoms. The molecule has 0 spiro atoms. The maximum atomic E-state index is 13.1. The number of ether oxygens (including phenoxy) is 4. The van der Waals surface area contributed by atoms with Crippen molar-refractivity contribution in [2.24, 2.45) is 5.11 Å². The first kappa shape index (κ1) is 25.4. The number of azide groups is 1. The summed E-state index contributed by atoms with van der Waals surface area (Å²) in [4.78, 5) is 16.0. The number of esters is 1. The Morgan fingerprint density at radius 3 is 1.89 bits per heavy atom. The molecule has 1 aliphatic rings. The van der Waals surface area contributed by atoms with Gasteiger partial charge in [-0.25, -0.2) is 4.79 Å². The second-order valence-corrected chi connectivity index (χ2v) is 8.21. The van der Waals surface area contributed by atoms with E-state index >= 15 is 0 Å². The first-order chi connectivity index (χ1) is 17.7. The number of carbonyl (C=O) groups is 1. The Bertz CT molecular complexity index is 1140. The van der Waals surface area contributed by atoms with Gasteiger partial charge in [0, 0.05) is 4.91 Å². The fourth-order valence-electron chi connectivity index (χ4n) is 4.00. The maximum Gasteiger partial charge on any atom is 0.338 e. The Morgan fingerprint density at radius 1 is 0.833 bits per heavy atom. The van der Waals surface area contributed by atoms with Gasteiger partial charge >= 0.3 is 5.97 Å². The maximum absolute atomic E-state index is 13.1. The largest absolute Gasteiger partial charge is 0.453 e. The predicted molar refractivity (Wildman–Crippen MR) is 131 cm³/mol. The summed E-state index contributed by atoms with van der Waals surface area (Å²) in [5.74, 6) is -0.597. The average Bonchev–Trinajstić information content (AvgIpc) is 2.93. The summed E-state index contributed by atoms with van der Waals surface area (Å²) in [5.41, 5.74) is 11.3. The van der Waals surface area contributed by atoms with Gasteiger partial charge in [0.05, 0.1) is 25.4 Å². The lowest BCUT2D eigenvalue weighted by Gasteiger charge is -2.44. The molecule has 1 fully saturated rings. The first-order valence-electron chi connectivity index (χ1n) is 11.6. The molecule has 1 saturated heterocycles. The van der Waals surface area contributed by atoms with E-state index in [4.69, 9.17) is 24.5 Å². The Balaban J connectivity index is 1.64. The lowest BCUT2D eigenvalue weighted by Crippen LogP contribution is -2.61. The van der Waals surface area contributed by atoms with Gasteiger partial charge in [0.15, 0.2) is 12.3 Å². The fourth-order valence-corrected chi connectivity index (χ4v) is 4.00. The highest BCUT2D eigenvalue weighted by Crippen LogP contribution is 2.31. The van der Waals surface area contributed by atoms with Crippen LogP contribution in [0.5, 0.6) is 0 Å². The van der Waals surface area contributed by atoms with E-state index in [1.807, 2.05) is 60.7 Å². The van der Waals surface area contributed by atoms with Crippen molar-refractivity contribution < 1.29 is 28.8 Å². The van der Waals surface area contributed by atoms with Gasteiger partial charge in [0.1, 0.15) is 18.3 Å². The van der Waals surface area contributed by atoms with Gasteiger partial charge in [-0.05, 0) is 28.8 Å². The number of aliphatic hydroxyl groups is 1. The van der Waals surface area contributed by atoms with E-state index in [2.05, 4.69) is 10.0 Å². The minimum atomic E-state index is -1.15. The van der Waals surface area contributed by atoms with Crippen molar-refractivity contribution in [3.63, 3.8) is 0 Å². The van der Waals surface area contributed by atoms with E-state index in [1.165, 1.54) is 0 Å². The summed E-state index contributed by atoms with van der Waals surface area (Å²) in [7, 11) is 0. The molecule has 9 heteroatoms. The molecule has 1 aliphatic heterocycles. The van der Waals surface area contributed by atoms with Crippen LogP contribution in [0.2, 0.25) is 0 Å². The van der Waals surface area contributed by atoms with Gasteiger partial charge in [-0.15, -0.1) is 0 Å². The zero-order valence-corrected chi connectivity index (χ0v) is 19.5. The number of carbonyl (C=O) groups excluding carboxylic acids is 1. The third-order valence-corrected chi connectivity index (χ3v) is 5.78. The van der Waals surface area contributed by atoms with E-state index in [9.17, 15) is 9.90 Å². The van der Waals surface area contributed by atoms with Gasteiger partial charge in [-0.1, -0.05) is 84.0 Å². The van der Waals surface area contributed by atoms with Crippen LogP contribution in [0.3, 0.4) is 0 Å². The van der Waals surface area contributed by atoms with E-state index in [-0.39, 0.29) is 13.2 Å². The minimum absolute atomic E-state index is 0.154. The van der Waals surface area contributed by atoms with E-state index in [0.717, 1.165) is 11.1 Å². The lowest BCUT2D eigenvalue weighted by molar-refractivity contribution is -0.255. The molecule has 0 aromatic heterocycles. The fraction of sp³-hybridized carbons (Fsp3) is 0.296. The van der Waals surface area contributed by atoms with Gasteiger partial charge in [-0.2, -0.15) is 0 Å². The van der Waals surface area contributed by atoms with Crippen molar-refractivity contribution in [1.82, 2.24) is 0 Å². The molecule has 0 amide bonds. The molecule has 1 N–H and O–H groups in total. The molecule has 4 rings (SSSR count). The number of aliphatic hydroxyl groups excluding tert-OH is 1. The monoisotopic (exact) mass is 489 g/mol. The standard InChI is InChI=1S/C27H27N3O6/c28-30-29-26-25(34-18-20-12-6-2-7-13-20)24(36-27(32)21-14-8-3-9-15-21)23(22(16-31)35-26)33-17-19-10-4-1-5-11-19/h1-15,22-26,31H,16-18H2/t22-,23-,24+,25-,26?/m1/s1. The highest BCUT2D eigenvalue weighted by Gasteiger charge is 2.49. The minimum Gasteiger partial charge on any atom is -0.453 e. The third kappa shape index (κ3) is 6.48. The predicted octanol–water partition coefficient (Wildman–Crippen LogP) is 4.41. The van der Waals surface area contributed by atoms with Crippen LogP contribution in [-0.4, -0.2) is 48.3 Å². The molecular weight excluding hydrogens is 462 g/mol. The topological polar surface area (TPSA) is 123 Å². The molecule has 3 aromatic rings. The molecule has 3 aromatic carbocycles. The molecule has 0 radical (unpaired) electrons. The summed E-state index contributed by atoms with van der Waals surface area (Å²) in [6.45, 7) is -0.106. The summed E-state index contributed by atoms with van der Waals surface area (Å²) in [6, 6.07) is 27.4. The van der Waals surface area contributed by atoms with Crippen LogP contribution in [0, 0.1) is 0 Å². The van der Waals surface area contributed by atoms with Crippen LogP contribution in [0.4, 0.5) is 0 Å². The van der Waals surface area contributed by atoms with E-state index in [0.29, 0.717) is 5.56 Å². The van der Waals surface area contributed by atoms with Crippen LogP contribution in [0.15, 0.2) is 96.1 Å². The Hall–Kier alpha value is -3.72. The number of rotatable bonds is 10. The Labute approximate surface area is 208 Å². The Kier molecular flexibility index (Phi) is 9.04. The van der Waals surface area contributed by atoms with Crippen molar-refractivity contribution in [2.75, 3.05) is 6.61 Å². The number of hydrogen-bond donors (Lipinski definition) is 1. The number of nitrogens with zero attached hydrogens (tertiary/aromatic N) is 3. The quantitative estimate of drug-likeness (QED) is 0.195. The highest BCUT2D eigenvalue weighted by molar-refractivity contribution is 5.89. The molecular formula is C27H27N3O6. The molecule has 1 unspecified atom stereocenters. The summed E-state index contributed by atoms with van der Waals surface area (Å²) in [6.07, 6.45) is -4.99. The van der Waals surface area contributed by atoms with Crippen LogP contribution in [0.1, 0.15) is 21.5 Å². The molecule has 5 atom stereocenters. The van der Waals surface area contributed by atoms with E-state index < -0.39 is 43.2 Å². The smallest absolute Gasteiger partial charge is 0.338 e. The molecule has 0 aliphatic carbocycles. The summed E-state index contributed by atoms with van der Waals surface area (Å²) in [5, 5.41) is 13.8. The van der Waals surface area contributed by atoms with Crippen molar-refractivity contribution in [2.45, 2.75) is 43.9 Å². The van der Waals surface area contributed by atoms with Crippen molar-refractivity contribution >= 4 is 5.97 Å². The van der Waals surface area contributed by atoms with Crippen molar-refractivity contribution in [3.05, 3.63) is 118 Å². The third-order valence-electron chi connectivity index (χ3n) is 5.78. The average molecular weight is 490 g/mol. The normalized spacial score (nSPS) is 23.4. The van der Waals surface area contributed by atoms with Crippen molar-refractivity contribution in [3.8, 4) is 0 Å². The molecule has 9 nitrogen and oxygen atoms in total. The van der Waals surface area contributed by atoms with Crippen LogP contribution in [0.25, 0.3) is 10.4 Å². The van der Waals surface area contributed by atoms with Crippen LogP contribution < -0.4 is 0 Å². The SMILES string of the molecule is [N-]=[N+]=NC1O[C@H](CO)[C@@H](OCc2ccccc2)[C@H](OC(=O)c2ccccc2)[C@H]1OCc1ccccc1. The van der Waals surface area contributed by atoms with Crippen LogP contribution in [-0.2, 0) is 32.2 Å². The number of hydrogen-bond acceptors (Lipinski definition) is 7. The summed E-state index contributed by atoms with van der Waals surface area (Å²) >= 11 is 0. The zero-order valence-electron chi connectivity index (χ0n) is 19.5. The summed E-state index contributed by atoms with van der Waals surface area (Å²) < 4.78 is 24.1. The van der Waals surface area contributed by atoms with Gasteiger partial charge < -0.3 is 24.1 Å². The Morgan fingerprint density at radius 2 is 1.36 bits per heavy atom. The van der Waals surface area contributed by atoms with Crippen LogP contribution >= 0.6 is 0 Å². The van der Waals surface area contributed by atoms with Gasteiger partial charge in [-0.3, -0.25) is 0 Å². The first-order valence-corrected chi connectivity index (χ1v) is 11.6. The van der Waals surface area contributed by atoms with Gasteiger partial charge in [0.25, 0.3) is 0 Å². The van der Waals surface area contributed by atoms with E-state index in [1.54, 1.807) is 30.3 Å². The van der Waals surface area contributed by atoms with Gasteiger partial charge in [0.2, 0.25) is 0 Å². The molecule has 186 valence electrons. The molecule has 0 saturated carbocycles. The molecule has 1 heterocycles. The second-order valence-electron chi connectivity index (χ2n) is 8.21. The lowest BCUT2D eigenvalue weighted by atomic mass is 9.97. The second kappa shape index (κ2) is 12.8.